The summed E-state index contributed by atoms with van der Waals surface area (Å²) in [5, 5.41) is 6.64. The Kier molecular flexibility index (Phi) is 11.5. The molecule has 4 aromatic carbocycles. The van der Waals surface area contributed by atoms with Gasteiger partial charge in [-0.05, 0) is 65.8 Å². The Balaban J connectivity index is 1.52. The number of likely N-dealkylation sites (tertiary alicyclic amines) is 1. The summed E-state index contributed by atoms with van der Waals surface area (Å²) in [4.78, 5) is 44.7. The zero-order chi connectivity index (χ0) is 38.7. The molecular formula is C42H43Cl2F3N4O3. The minimum absolute atomic E-state index is 0.0200. The first-order chi connectivity index (χ1) is 25.7. The fourth-order valence-electron chi connectivity index (χ4n) is 8.79. The van der Waals surface area contributed by atoms with Crippen LogP contribution in [0.25, 0.3) is 0 Å². The van der Waals surface area contributed by atoms with E-state index in [2.05, 4.69) is 21.6 Å². The molecule has 4 aromatic rings. The van der Waals surface area contributed by atoms with Crippen LogP contribution in [-0.2, 0) is 37.2 Å². The van der Waals surface area contributed by atoms with Gasteiger partial charge in [0.25, 0.3) is 0 Å². The number of nitrogens with one attached hydrogen (secondary N) is 2. The van der Waals surface area contributed by atoms with Crippen molar-refractivity contribution in [2.45, 2.75) is 54.6 Å². The lowest BCUT2D eigenvalue weighted by Crippen LogP contribution is -2.63. The zero-order valence-corrected chi connectivity index (χ0v) is 31.7. The van der Waals surface area contributed by atoms with E-state index < -0.39 is 40.8 Å². The number of fused-ring (bicyclic) bond motifs is 2. The first-order valence-electron chi connectivity index (χ1n) is 18.0. The highest BCUT2D eigenvalue weighted by molar-refractivity contribution is 6.42. The Hall–Kier alpha value is -4.38. The van der Waals surface area contributed by atoms with Gasteiger partial charge in [-0.25, -0.2) is 0 Å². The number of alkyl halides is 3. The van der Waals surface area contributed by atoms with E-state index in [-0.39, 0.29) is 28.9 Å². The molecule has 2 aliphatic rings. The predicted octanol–water partition coefficient (Wildman–Crippen LogP) is 7.43. The third-order valence-electron chi connectivity index (χ3n) is 11.3. The van der Waals surface area contributed by atoms with Crippen LogP contribution in [0.5, 0.6) is 0 Å². The van der Waals surface area contributed by atoms with Gasteiger partial charge in [-0.1, -0.05) is 114 Å². The van der Waals surface area contributed by atoms with E-state index in [0.717, 1.165) is 16.0 Å². The third-order valence-corrected chi connectivity index (χ3v) is 12.0. The van der Waals surface area contributed by atoms with Gasteiger partial charge in [0, 0.05) is 39.1 Å². The normalized spacial score (nSPS) is 16.9. The predicted molar refractivity (Wildman–Crippen MR) is 204 cm³/mol. The van der Waals surface area contributed by atoms with Gasteiger partial charge in [0.1, 0.15) is 11.8 Å². The summed E-state index contributed by atoms with van der Waals surface area (Å²) in [7, 11) is 2.88. The van der Waals surface area contributed by atoms with Crippen molar-refractivity contribution >= 4 is 40.9 Å². The Morgan fingerprint density at radius 1 is 0.852 bits per heavy atom. The molecule has 54 heavy (non-hydrogen) atoms. The van der Waals surface area contributed by atoms with Crippen LogP contribution in [0.3, 0.4) is 0 Å². The SMILES string of the molecule is CNC(=O)C(c1ccccc1)(c1ccccc1)[C@](CCN1CCC2(CC1)NC(=O)Cc1ccccc12)(CN(C)C(=O)CC(F)(F)F)c1ccc(Cl)c(Cl)c1. The van der Waals surface area contributed by atoms with Crippen LogP contribution in [0.4, 0.5) is 13.2 Å². The van der Waals surface area contributed by atoms with Crippen molar-refractivity contribution in [3.05, 3.63) is 141 Å². The fourth-order valence-corrected chi connectivity index (χ4v) is 9.09. The van der Waals surface area contributed by atoms with Gasteiger partial charge in [0.15, 0.2) is 0 Å². The number of nitrogens with zero attached hydrogens (tertiary/aromatic N) is 2. The second-order valence-electron chi connectivity index (χ2n) is 14.4. The van der Waals surface area contributed by atoms with E-state index in [9.17, 15) is 22.8 Å². The molecule has 2 heterocycles. The molecule has 3 amide bonds. The van der Waals surface area contributed by atoms with Gasteiger partial charge < -0.3 is 20.4 Å². The number of likely N-dealkylation sites (N-methyl/N-ethyl adjacent to an activating group) is 2. The molecule has 0 unspecified atom stereocenters. The molecule has 1 saturated heterocycles. The third kappa shape index (κ3) is 7.48. The Morgan fingerprint density at radius 3 is 2.02 bits per heavy atom. The molecule has 0 radical (unpaired) electrons. The number of hydrogen-bond donors (Lipinski definition) is 2. The zero-order valence-electron chi connectivity index (χ0n) is 30.2. The smallest absolute Gasteiger partial charge is 0.358 e. The maximum atomic E-state index is 15.1. The number of carbonyl (C=O) groups is 3. The molecule has 1 spiro atoms. The van der Waals surface area contributed by atoms with Crippen LogP contribution in [0, 0.1) is 0 Å². The molecule has 7 nitrogen and oxygen atoms in total. The van der Waals surface area contributed by atoms with Gasteiger partial charge in [0.05, 0.1) is 22.0 Å². The lowest BCUT2D eigenvalue weighted by Gasteiger charge is -2.53. The first-order valence-corrected chi connectivity index (χ1v) is 18.7. The van der Waals surface area contributed by atoms with Crippen LogP contribution in [0.15, 0.2) is 103 Å². The highest BCUT2D eigenvalue weighted by Gasteiger charge is 2.60. The van der Waals surface area contributed by atoms with Gasteiger partial charge in [-0.2, -0.15) is 13.2 Å². The van der Waals surface area contributed by atoms with E-state index >= 15 is 4.79 Å². The van der Waals surface area contributed by atoms with Crippen LogP contribution in [-0.4, -0.2) is 74.0 Å². The summed E-state index contributed by atoms with van der Waals surface area (Å²) in [5.74, 6) is -1.57. The Labute approximate surface area is 323 Å². The number of hydrogen-bond acceptors (Lipinski definition) is 4. The van der Waals surface area contributed by atoms with E-state index in [1.165, 1.54) is 14.1 Å². The molecule has 1 fully saturated rings. The van der Waals surface area contributed by atoms with Crippen molar-refractivity contribution in [3.63, 3.8) is 0 Å². The van der Waals surface area contributed by atoms with Crippen LogP contribution in [0.1, 0.15) is 53.5 Å². The summed E-state index contributed by atoms with van der Waals surface area (Å²) in [6, 6.07) is 31.3. The number of piperidine rings is 1. The van der Waals surface area contributed by atoms with Crippen molar-refractivity contribution in [2.75, 3.05) is 40.3 Å². The molecule has 12 heteroatoms. The van der Waals surface area contributed by atoms with Crippen molar-refractivity contribution in [1.29, 1.82) is 0 Å². The summed E-state index contributed by atoms with van der Waals surface area (Å²) in [6.07, 6.45) is -4.59. The molecule has 0 aromatic heterocycles. The van der Waals surface area contributed by atoms with Gasteiger partial charge in [-0.15, -0.1) is 0 Å². The summed E-state index contributed by atoms with van der Waals surface area (Å²) < 4.78 is 41.2. The maximum absolute atomic E-state index is 15.1. The highest BCUT2D eigenvalue weighted by Crippen LogP contribution is 2.53. The number of carbonyl (C=O) groups excluding carboxylic acids is 3. The van der Waals surface area contributed by atoms with Gasteiger partial charge >= 0.3 is 6.18 Å². The first kappa shape index (κ1) is 39.3. The van der Waals surface area contributed by atoms with Gasteiger partial charge in [0.2, 0.25) is 17.7 Å². The second kappa shape index (κ2) is 15.8. The van der Waals surface area contributed by atoms with Crippen molar-refractivity contribution in [1.82, 2.24) is 20.4 Å². The molecule has 0 aliphatic carbocycles. The van der Waals surface area contributed by atoms with Gasteiger partial charge in [-0.3, -0.25) is 14.4 Å². The van der Waals surface area contributed by atoms with E-state index in [4.69, 9.17) is 23.2 Å². The lowest BCUT2D eigenvalue weighted by atomic mass is 9.51. The number of halogens is 5. The average Bonchev–Trinajstić information content (AvgIpc) is 3.15. The Bertz CT molecular complexity index is 1950. The highest BCUT2D eigenvalue weighted by atomic mass is 35.5. The standard InChI is InChI=1S/C42H43Cl2F3N4O3/c1-48-38(54)42(30-12-5-3-6-13-30,31-14-7-4-8-15-31)39(32-17-18-34(43)35(44)26-32,28-50(2)37(53)27-41(45,46)47)19-22-51-23-20-40(21-24-51)33-16-10-9-11-29(33)25-36(52)49-40/h3-18,26H,19-25,27-28H2,1-2H3,(H,48,54)(H,49,52)/t39-/m1/s1. The minimum Gasteiger partial charge on any atom is -0.358 e. The number of amides is 3. The number of rotatable bonds is 11. The van der Waals surface area contributed by atoms with Crippen molar-refractivity contribution < 1.29 is 27.6 Å². The monoisotopic (exact) mass is 778 g/mol. The van der Waals surface area contributed by atoms with Crippen LogP contribution in [0.2, 0.25) is 10.0 Å². The molecule has 2 N–H and O–H groups in total. The van der Waals surface area contributed by atoms with E-state index in [0.29, 0.717) is 55.6 Å². The van der Waals surface area contributed by atoms with E-state index in [1.807, 2.05) is 78.9 Å². The molecular weight excluding hydrogens is 736 g/mol. The Morgan fingerprint density at radius 2 is 1.44 bits per heavy atom. The van der Waals surface area contributed by atoms with Crippen LogP contribution >= 0.6 is 23.2 Å². The number of benzene rings is 4. The largest absolute Gasteiger partial charge is 0.397 e. The fraction of sp³-hybridized carbons (Fsp3) is 0.357. The van der Waals surface area contributed by atoms with Crippen molar-refractivity contribution in [3.8, 4) is 0 Å². The molecule has 0 bridgehead atoms. The average molecular weight is 780 g/mol. The molecule has 1 atom stereocenters. The molecule has 0 saturated carbocycles. The quantitative estimate of drug-likeness (QED) is 0.166. The maximum Gasteiger partial charge on any atom is 0.397 e. The molecule has 2 aliphatic heterocycles. The minimum atomic E-state index is -4.74. The summed E-state index contributed by atoms with van der Waals surface area (Å²) in [6.45, 7) is 1.31. The topological polar surface area (TPSA) is 81.8 Å². The molecule has 6 rings (SSSR count). The molecule has 284 valence electrons. The second-order valence-corrected chi connectivity index (χ2v) is 15.2. The summed E-state index contributed by atoms with van der Waals surface area (Å²) >= 11 is 13.2. The van der Waals surface area contributed by atoms with Crippen molar-refractivity contribution in [2.24, 2.45) is 0 Å². The van der Waals surface area contributed by atoms with Crippen LogP contribution < -0.4 is 10.6 Å². The van der Waals surface area contributed by atoms with E-state index in [1.54, 1.807) is 18.2 Å². The summed E-state index contributed by atoms with van der Waals surface area (Å²) in [5.41, 5.74) is 0.263. The lowest BCUT2D eigenvalue weighted by molar-refractivity contribution is -0.161.